The van der Waals surface area contributed by atoms with Gasteiger partial charge in [0.2, 0.25) is 11.8 Å². The quantitative estimate of drug-likeness (QED) is 0.846. The molecule has 1 aromatic carbocycles. The Morgan fingerprint density at radius 1 is 1.14 bits per heavy atom. The largest absolute Gasteiger partial charge is 0.341 e. The number of nitrogens with zero attached hydrogens (tertiary/aromatic N) is 3. The molecule has 0 unspecified atom stereocenters. The highest BCUT2D eigenvalue weighted by Crippen LogP contribution is 2.09. The summed E-state index contributed by atoms with van der Waals surface area (Å²) < 4.78 is 13.1. The number of benzene rings is 1. The molecule has 0 atom stereocenters. The van der Waals surface area contributed by atoms with Crippen LogP contribution in [0.2, 0.25) is 0 Å². The van der Waals surface area contributed by atoms with E-state index in [1.165, 1.54) is 12.1 Å². The lowest BCUT2D eigenvalue weighted by molar-refractivity contribution is -0.132. The molecule has 116 valence electrons. The Labute approximate surface area is 128 Å². The van der Waals surface area contributed by atoms with Crippen molar-refractivity contribution in [1.82, 2.24) is 9.80 Å². The Morgan fingerprint density at radius 2 is 1.82 bits per heavy atom. The van der Waals surface area contributed by atoms with Gasteiger partial charge in [-0.15, -0.1) is 0 Å². The average molecular weight is 303 g/mol. The number of hydrogen-bond acceptors (Lipinski definition) is 3. The molecule has 2 amide bonds. The topological polar surface area (TPSA) is 64.4 Å². The molecule has 0 N–H and O–H groups in total. The van der Waals surface area contributed by atoms with E-state index in [4.69, 9.17) is 5.26 Å². The molecule has 1 saturated heterocycles. The normalized spacial score (nSPS) is 15.1. The first-order chi connectivity index (χ1) is 10.6. The van der Waals surface area contributed by atoms with Crippen LogP contribution in [0.4, 0.5) is 4.39 Å². The average Bonchev–Trinajstić information content (AvgIpc) is 2.73. The molecule has 0 saturated carbocycles. The number of hydrogen-bond donors (Lipinski definition) is 0. The fourth-order valence-electron chi connectivity index (χ4n) is 2.53. The molecule has 2 rings (SSSR count). The summed E-state index contributed by atoms with van der Waals surface area (Å²) >= 11 is 0. The fraction of sp³-hybridized carbons (Fsp3) is 0.438. The molecule has 5 nitrogen and oxygen atoms in total. The minimum absolute atomic E-state index is 0.0693. The minimum Gasteiger partial charge on any atom is -0.341 e. The Balaban J connectivity index is 1.92. The highest BCUT2D eigenvalue weighted by atomic mass is 19.1. The van der Waals surface area contributed by atoms with E-state index >= 15 is 0 Å². The SMILES string of the molecule is N#CCC(=O)N1CCCN(C(=O)Cc2cccc(F)c2)CC1. The van der Waals surface area contributed by atoms with E-state index < -0.39 is 0 Å². The van der Waals surface area contributed by atoms with Crippen molar-refractivity contribution in [2.45, 2.75) is 19.3 Å². The molecule has 0 radical (unpaired) electrons. The van der Waals surface area contributed by atoms with Gasteiger partial charge in [0, 0.05) is 26.2 Å². The highest BCUT2D eigenvalue weighted by molar-refractivity contribution is 5.80. The van der Waals surface area contributed by atoms with Gasteiger partial charge in [0.1, 0.15) is 12.2 Å². The van der Waals surface area contributed by atoms with E-state index in [1.54, 1.807) is 21.9 Å². The smallest absolute Gasteiger partial charge is 0.236 e. The second kappa shape index (κ2) is 7.55. The third-order valence-electron chi connectivity index (χ3n) is 3.68. The number of carbonyl (C=O) groups excluding carboxylic acids is 2. The molecule has 0 spiro atoms. The van der Waals surface area contributed by atoms with Crippen LogP contribution in [0, 0.1) is 17.1 Å². The summed E-state index contributed by atoms with van der Waals surface area (Å²) in [6.45, 7) is 2.02. The maximum Gasteiger partial charge on any atom is 0.236 e. The summed E-state index contributed by atoms with van der Waals surface area (Å²) in [5.41, 5.74) is 0.645. The van der Waals surface area contributed by atoms with Gasteiger partial charge >= 0.3 is 0 Å². The summed E-state index contributed by atoms with van der Waals surface area (Å²) in [6, 6.07) is 7.86. The van der Waals surface area contributed by atoms with Crippen LogP contribution >= 0.6 is 0 Å². The predicted molar refractivity (Wildman–Crippen MR) is 78.1 cm³/mol. The van der Waals surface area contributed by atoms with Gasteiger partial charge in [-0.3, -0.25) is 9.59 Å². The van der Waals surface area contributed by atoms with Gasteiger partial charge in [0.25, 0.3) is 0 Å². The van der Waals surface area contributed by atoms with Crippen LogP contribution in [-0.2, 0) is 16.0 Å². The number of amides is 2. The van der Waals surface area contributed by atoms with Gasteiger partial charge < -0.3 is 9.80 Å². The zero-order valence-corrected chi connectivity index (χ0v) is 12.3. The van der Waals surface area contributed by atoms with Crippen LogP contribution in [0.1, 0.15) is 18.4 Å². The number of rotatable bonds is 3. The lowest BCUT2D eigenvalue weighted by atomic mass is 10.1. The Hall–Kier alpha value is -2.42. The van der Waals surface area contributed by atoms with Crippen molar-refractivity contribution in [3.63, 3.8) is 0 Å². The predicted octanol–water partition coefficient (Wildman–Crippen LogP) is 1.34. The van der Waals surface area contributed by atoms with Gasteiger partial charge in [-0.05, 0) is 24.1 Å². The second-order valence-corrected chi connectivity index (χ2v) is 5.26. The standard InChI is InChI=1S/C16H18FN3O2/c17-14-4-1-3-13(11-14)12-16(22)20-8-2-7-19(9-10-20)15(21)5-6-18/h1,3-4,11H,2,5,7-10,12H2. The van der Waals surface area contributed by atoms with Crippen molar-refractivity contribution in [2.24, 2.45) is 0 Å². The molecule has 1 fully saturated rings. The molecular formula is C16H18FN3O2. The molecule has 1 aliphatic rings. The molecule has 0 aliphatic carbocycles. The van der Waals surface area contributed by atoms with Gasteiger partial charge in [0.05, 0.1) is 12.5 Å². The van der Waals surface area contributed by atoms with Gasteiger partial charge in [0.15, 0.2) is 0 Å². The van der Waals surface area contributed by atoms with Crippen LogP contribution in [0.15, 0.2) is 24.3 Å². The summed E-state index contributed by atoms with van der Waals surface area (Å²) in [7, 11) is 0. The summed E-state index contributed by atoms with van der Waals surface area (Å²) in [5, 5.41) is 8.57. The van der Waals surface area contributed by atoms with E-state index in [2.05, 4.69) is 0 Å². The summed E-state index contributed by atoms with van der Waals surface area (Å²) in [4.78, 5) is 27.3. The van der Waals surface area contributed by atoms with E-state index in [0.29, 0.717) is 38.2 Å². The van der Waals surface area contributed by atoms with Crippen LogP contribution in [0.5, 0.6) is 0 Å². The molecule has 1 heterocycles. The molecule has 1 aliphatic heterocycles. The Morgan fingerprint density at radius 3 is 2.45 bits per heavy atom. The fourth-order valence-corrected chi connectivity index (χ4v) is 2.53. The summed E-state index contributed by atoms with van der Waals surface area (Å²) in [5.74, 6) is -0.614. The van der Waals surface area contributed by atoms with E-state index in [0.717, 1.165) is 0 Å². The Kier molecular flexibility index (Phi) is 5.48. The maximum absolute atomic E-state index is 13.1. The van der Waals surface area contributed by atoms with Crippen LogP contribution in [-0.4, -0.2) is 47.8 Å². The lowest BCUT2D eigenvalue weighted by Gasteiger charge is -2.21. The number of carbonyl (C=O) groups is 2. The van der Waals surface area contributed by atoms with Crippen molar-refractivity contribution in [3.8, 4) is 6.07 Å². The van der Waals surface area contributed by atoms with Crippen molar-refractivity contribution in [1.29, 1.82) is 5.26 Å². The third-order valence-corrected chi connectivity index (χ3v) is 3.68. The van der Waals surface area contributed by atoms with Crippen molar-refractivity contribution >= 4 is 11.8 Å². The highest BCUT2D eigenvalue weighted by Gasteiger charge is 2.21. The zero-order valence-electron chi connectivity index (χ0n) is 12.3. The number of nitriles is 1. The first-order valence-electron chi connectivity index (χ1n) is 7.27. The maximum atomic E-state index is 13.1. The molecule has 0 aromatic heterocycles. The van der Waals surface area contributed by atoms with Crippen LogP contribution in [0.25, 0.3) is 0 Å². The van der Waals surface area contributed by atoms with Gasteiger partial charge in [-0.1, -0.05) is 12.1 Å². The molecular weight excluding hydrogens is 285 g/mol. The third kappa shape index (κ3) is 4.29. The first-order valence-corrected chi connectivity index (χ1v) is 7.27. The molecule has 22 heavy (non-hydrogen) atoms. The van der Waals surface area contributed by atoms with Crippen molar-refractivity contribution in [2.75, 3.05) is 26.2 Å². The van der Waals surface area contributed by atoms with Crippen molar-refractivity contribution in [3.05, 3.63) is 35.6 Å². The van der Waals surface area contributed by atoms with E-state index in [-0.39, 0.29) is 30.5 Å². The van der Waals surface area contributed by atoms with Crippen LogP contribution in [0.3, 0.4) is 0 Å². The van der Waals surface area contributed by atoms with Gasteiger partial charge in [-0.2, -0.15) is 5.26 Å². The minimum atomic E-state index is -0.352. The van der Waals surface area contributed by atoms with Crippen molar-refractivity contribution < 1.29 is 14.0 Å². The lowest BCUT2D eigenvalue weighted by Crippen LogP contribution is -2.37. The monoisotopic (exact) mass is 303 g/mol. The second-order valence-electron chi connectivity index (χ2n) is 5.26. The Bertz CT molecular complexity index is 597. The molecule has 1 aromatic rings. The first kappa shape index (κ1) is 16.0. The molecule has 6 heteroatoms. The zero-order chi connectivity index (χ0) is 15.9. The molecule has 0 bridgehead atoms. The van der Waals surface area contributed by atoms with E-state index in [1.807, 2.05) is 6.07 Å². The summed E-state index contributed by atoms with van der Waals surface area (Å²) in [6.07, 6.45) is 0.715. The van der Waals surface area contributed by atoms with Crippen LogP contribution < -0.4 is 0 Å². The van der Waals surface area contributed by atoms with E-state index in [9.17, 15) is 14.0 Å². The van der Waals surface area contributed by atoms with Gasteiger partial charge in [-0.25, -0.2) is 4.39 Å². The number of halogens is 1.